The fourth-order valence-electron chi connectivity index (χ4n) is 2.44. The first-order chi connectivity index (χ1) is 9.45. The van der Waals surface area contributed by atoms with Gasteiger partial charge in [-0.15, -0.1) is 0 Å². The molecule has 1 fully saturated rings. The van der Waals surface area contributed by atoms with Gasteiger partial charge in [-0.05, 0) is 39.1 Å². The van der Waals surface area contributed by atoms with Crippen molar-refractivity contribution in [3.05, 3.63) is 24.0 Å². The highest BCUT2D eigenvalue weighted by atomic mass is 32.2. The summed E-state index contributed by atoms with van der Waals surface area (Å²) in [6.45, 7) is 4.02. The van der Waals surface area contributed by atoms with E-state index in [1.807, 2.05) is 20.0 Å². The molecular weight excluding hydrogens is 276 g/mol. The molecule has 0 bridgehead atoms. The average molecular weight is 294 g/mol. The van der Waals surface area contributed by atoms with Crippen LogP contribution in [0.2, 0.25) is 0 Å². The number of hydrogen-bond acceptors (Lipinski definition) is 5. The number of nitrogens with zero attached hydrogens (tertiary/aromatic N) is 4. The summed E-state index contributed by atoms with van der Waals surface area (Å²) in [4.78, 5) is 6.13. The summed E-state index contributed by atoms with van der Waals surface area (Å²) < 4.78 is 26.8. The molecule has 0 radical (unpaired) electrons. The lowest BCUT2D eigenvalue weighted by molar-refractivity contribution is 0.290. The van der Waals surface area contributed by atoms with E-state index >= 15 is 0 Å². The Bertz CT molecular complexity index is 606. The van der Waals surface area contributed by atoms with Crippen molar-refractivity contribution in [3.8, 4) is 6.07 Å². The lowest BCUT2D eigenvalue weighted by atomic mass is 10.3. The smallest absolute Gasteiger partial charge is 0.244 e. The van der Waals surface area contributed by atoms with Crippen LogP contribution < -0.4 is 0 Å². The summed E-state index contributed by atoms with van der Waals surface area (Å²) in [7, 11) is -1.55. The zero-order valence-electron chi connectivity index (χ0n) is 11.7. The number of pyridine rings is 1. The second-order valence-electron chi connectivity index (χ2n) is 5.07. The Labute approximate surface area is 119 Å². The first kappa shape index (κ1) is 14.9. The molecule has 0 aromatic carbocycles. The third-order valence-corrected chi connectivity index (χ3v) is 5.44. The largest absolute Gasteiger partial charge is 0.305 e. The van der Waals surface area contributed by atoms with E-state index in [2.05, 4.69) is 9.88 Å². The molecule has 7 heteroatoms. The summed E-state index contributed by atoms with van der Waals surface area (Å²) in [5, 5.41) is 8.71. The maximum absolute atomic E-state index is 12.6. The lowest BCUT2D eigenvalue weighted by Gasteiger charge is -2.27. The molecule has 20 heavy (non-hydrogen) atoms. The number of likely N-dealkylation sites (N-methyl/N-ethyl adjacent to an activating group) is 1. The zero-order valence-corrected chi connectivity index (χ0v) is 12.5. The van der Waals surface area contributed by atoms with Gasteiger partial charge in [0.05, 0.1) is 0 Å². The molecule has 0 saturated carbocycles. The van der Waals surface area contributed by atoms with Crippen molar-refractivity contribution in [2.45, 2.75) is 24.3 Å². The monoisotopic (exact) mass is 294 g/mol. The van der Waals surface area contributed by atoms with Crippen molar-refractivity contribution < 1.29 is 8.42 Å². The summed E-state index contributed by atoms with van der Waals surface area (Å²) in [6, 6.07) is 4.68. The highest BCUT2D eigenvalue weighted by Gasteiger charge is 2.31. The van der Waals surface area contributed by atoms with Crippen molar-refractivity contribution in [2.75, 3.05) is 26.7 Å². The number of hydrogen-bond donors (Lipinski definition) is 0. The van der Waals surface area contributed by atoms with Crippen LogP contribution in [0.4, 0.5) is 0 Å². The molecule has 1 aromatic rings. The molecule has 2 heterocycles. The second kappa shape index (κ2) is 5.87. The van der Waals surface area contributed by atoms with Crippen molar-refractivity contribution in [1.82, 2.24) is 14.2 Å². The van der Waals surface area contributed by atoms with E-state index < -0.39 is 10.0 Å². The second-order valence-corrected chi connectivity index (χ2v) is 6.96. The Kier molecular flexibility index (Phi) is 4.38. The molecule has 1 aliphatic rings. The first-order valence-electron chi connectivity index (χ1n) is 6.51. The van der Waals surface area contributed by atoms with Gasteiger partial charge in [0.15, 0.2) is 0 Å². The number of rotatable bonds is 2. The molecule has 2 rings (SSSR count). The molecule has 1 atom stereocenters. The molecule has 0 N–H and O–H groups in total. The number of nitriles is 1. The Morgan fingerprint density at radius 2 is 2.15 bits per heavy atom. The van der Waals surface area contributed by atoms with Gasteiger partial charge in [-0.25, -0.2) is 13.4 Å². The van der Waals surface area contributed by atoms with Crippen LogP contribution in [0.5, 0.6) is 0 Å². The summed E-state index contributed by atoms with van der Waals surface area (Å²) >= 11 is 0. The molecular formula is C13H18N4O2S. The zero-order chi connectivity index (χ0) is 14.8. The van der Waals surface area contributed by atoms with Crippen LogP contribution in [0.3, 0.4) is 0 Å². The highest BCUT2D eigenvalue weighted by molar-refractivity contribution is 7.89. The Hall–Kier alpha value is -1.49. The van der Waals surface area contributed by atoms with Crippen LogP contribution in [0, 0.1) is 11.3 Å². The van der Waals surface area contributed by atoms with Crippen LogP contribution in [-0.2, 0) is 10.0 Å². The lowest BCUT2D eigenvalue weighted by Crippen LogP contribution is -2.41. The van der Waals surface area contributed by atoms with E-state index in [1.54, 1.807) is 0 Å². The predicted molar refractivity (Wildman–Crippen MR) is 74.4 cm³/mol. The molecule has 1 aliphatic heterocycles. The third kappa shape index (κ3) is 2.98. The molecule has 0 aliphatic carbocycles. The Morgan fingerprint density at radius 3 is 2.75 bits per heavy atom. The van der Waals surface area contributed by atoms with Gasteiger partial charge in [0.1, 0.15) is 16.7 Å². The first-order valence-corrected chi connectivity index (χ1v) is 7.95. The standard InChI is InChI=1S/C13H18N4O2S/c1-11-10-16(2)6-3-7-17(11)20(18,19)13-5-4-12(8-14)15-9-13/h4-5,9,11H,3,6-7,10H2,1-2H3. The number of sulfonamides is 1. The normalized spacial score (nSPS) is 22.1. The summed E-state index contributed by atoms with van der Waals surface area (Å²) in [5.41, 5.74) is 0.215. The van der Waals surface area contributed by atoms with Crippen LogP contribution in [-0.4, -0.2) is 55.3 Å². The fourth-order valence-corrected chi connectivity index (χ4v) is 4.05. The molecule has 0 spiro atoms. The average Bonchev–Trinajstić information content (AvgIpc) is 2.59. The van der Waals surface area contributed by atoms with Crippen molar-refractivity contribution >= 4 is 10.0 Å². The van der Waals surface area contributed by atoms with Crippen molar-refractivity contribution in [3.63, 3.8) is 0 Å². The number of aromatic nitrogens is 1. The van der Waals surface area contributed by atoms with Gasteiger partial charge in [0, 0.05) is 25.3 Å². The van der Waals surface area contributed by atoms with E-state index in [0.29, 0.717) is 13.1 Å². The van der Waals surface area contributed by atoms with Crippen LogP contribution in [0.15, 0.2) is 23.2 Å². The third-order valence-electron chi connectivity index (χ3n) is 3.44. The highest BCUT2D eigenvalue weighted by Crippen LogP contribution is 2.20. The molecule has 0 amide bonds. The minimum atomic E-state index is -3.55. The molecule has 1 unspecified atom stereocenters. The molecule has 108 valence electrons. The van der Waals surface area contributed by atoms with Crippen LogP contribution in [0.1, 0.15) is 19.0 Å². The van der Waals surface area contributed by atoms with Gasteiger partial charge in [-0.2, -0.15) is 9.57 Å². The van der Waals surface area contributed by atoms with Crippen LogP contribution in [0.25, 0.3) is 0 Å². The molecule has 6 nitrogen and oxygen atoms in total. The SMILES string of the molecule is CC1CN(C)CCCN1S(=O)(=O)c1ccc(C#N)nc1. The maximum Gasteiger partial charge on any atom is 0.244 e. The topological polar surface area (TPSA) is 77.3 Å². The van der Waals surface area contributed by atoms with E-state index in [4.69, 9.17) is 5.26 Å². The fraction of sp³-hybridized carbons (Fsp3) is 0.538. The summed E-state index contributed by atoms with van der Waals surface area (Å²) in [5.74, 6) is 0. The van der Waals surface area contributed by atoms with Gasteiger partial charge in [-0.1, -0.05) is 0 Å². The van der Waals surface area contributed by atoms with Gasteiger partial charge in [0.2, 0.25) is 10.0 Å². The Balaban J connectivity index is 2.30. The van der Waals surface area contributed by atoms with Gasteiger partial charge >= 0.3 is 0 Å². The Morgan fingerprint density at radius 1 is 1.40 bits per heavy atom. The maximum atomic E-state index is 12.6. The van der Waals surface area contributed by atoms with E-state index in [0.717, 1.165) is 13.0 Å². The van der Waals surface area contributed by atoms with Gasteiger partial charge in [0.25, 0.3) is 0 Å². The molecule has 1 aromatic heterocycles. The summed E-state index contributed by atoms with van der Waals surface area (Å²) in [6.07, 6.45) is 2.07. The minimum absolute atomic E-state index is 0.0804. The van der Waals surface area contributed by atoms with E-state index in [1.165, 1.54) is 22.6 Å². The van der Waals surface area contributed by atoms with Gasteiger partial charge < -0.3 is 4.90 Å². The van der Waals surface area contributed by atoms with Crippen molar-refractivity contribution in [2.24, 2.45) is 0 Å². The van der Waals surface area contributed by atoms with Crippen LogP contribution >= 0.6 is 0 Å². The predicted octanol–water partition coefficient (Wildman–Crippen LogP) is 0.668. The quantitative estimate of drug-likeness (QED) is 0.801. The van der Waals surface area contributed by atoms with Crippen molar-refractivity contribution in [1.29, 1.82) is 5.26 Å². The minimum Gasteiger partial charge on any atom is -0.305 e. The van der Waals surface area contributed by atoms with Gasteiger partial charge in [-0.3, -0.25) is 0 Å². The molecule has 1 saturated heterocycles. The van der Waals surface area contributed by atoms with E-state index in [-0.39, 0.29) is 16.6 Å². The van der Waals surface area contributed by atoms with E-state index in [9.17, 15) is 8.42 Å².